The zero-order valence-electron chi connectivity index (χ0n) is 6.44. The Bertz CT molecular complexity index is 420. The van der Waals surface area contributed by atoms with E-state index in [9.17, 15) is 18.0 Å². The molecule has 1 rings (SSSR count). The predicted molar refractivity (Wildman–Crippen MR) is 35.8 cm³/mol. The minimum absolute atomic E-state index is 0.612. The number of rotatable bonds is 0. The van der Waals surface area contributed by atoms with Crippen LogP contribution in [0.25, 0.3) is 0 Å². The van der Waals surface area contributed by atoms with Gasteiger partial charge >= 0.3 is 6.18 Å². The maximum atomic E-state index is 12.1. The monoisotopic (exact) mass is 191 g/mol. The third-order valence-corrected chi connectivity index (χ3v) is 1.44. The van der Waals surface area contributed by atoms with Gasteiger partial charge in [0, 0.05) is 7.05 Å². The van der Waals surface area contributed by atoms with Gasteiger partial charge in [-0.05, 0) is 0 Å². The second-order valence-corrected chi connectivity index (χ2v) is 2.34. The number of nitriles is 1. The van der Waals surface area contributed by atoms with E-state index >= 15 is 0 Å². The van der Waals surface area contributed by atoms with Crippen LogP contribution in [0.3, 0.4) is 0 Å². The molecular formula is C6H4F3N3O. The number of alkyl halides is 3. The van der Waals surface area contributed by atoms with Crippen LogP contribution in [-0.2, 0) is 13.2 Å². The van der Waals surface area contributed by atoms with Gasteiger partial charge in [-0.15, -0.1) is 0 Å². The fourth-order valence-electron chi connectivity index (χ4n) is 0.858. The number of aromatic nitrogens is 2. The minimum atomic E-state index is -4.70. The van der Waals surface area contributed by atoms with Crippen LogP contribution in [0.1, 0.15) is 11.3 Å². The standard InChI is InChI=1S/C6H4F3N3O/c1-12-5(13)3(2-10)4(11-12)6(7,8)9/h11H,1H3. The highest BCUT2D eigenvalue weighted by molar-refractivity contribution is 5.32. The smallest absolute Gasteiger partial charge is 0.290 e. The lowest BCUT2D eigenvalue weighted by atomic mass is 10.2. The molecule has 13 heavy (non-hydrogen) atoms. The van der Waals surface area contributed by atoms with Crippen molar-refractivity contribution in [2.45, 2.75) is 6.18 Å². The normalized spacial score (nSPS) is 11.3. The van der Waals surface area contributed by atoms with E-state index in [0.717, 1.165) is 7.05 Å². The van der Waals surface area contributed by atoms with Crippen LogP contribution < -0.4 is 5.56 Å². The summed E-state index contributed by atoms with van der Waals surface area (Å²) in [6.45, 7) is 0. The molecule has 7 heteroatoms. The van der Waals surface area contributed by atoms with Crippen LogP contribution in [0.15, 0.2) is 4.79 Å². The highest BCUT2D eigenvalue weighted by Crippen LogP contribution is 2.28. The highest BCUT2D eigenvalue weighted by Gasteiger charge is 2.37. The minimum Gasteiger partial charge on any atom is -0.290 e. The van der Waals surface area contributed by atoms with E-state index in [4.69, 9.17) is 5.26 Å². The summed E-state index contributed by atoms with van der Waals surface area (Å²) in [6, 6.07) is 1.21. The molecule has 0 saturated heterocycles. The molecule has 0 aromatic carbocycles. The molecule has 1 heterocycles. The van der Waals surface area contributed by atoms with Crippen molar-refractivity contribution in [2.75, 3.05) is 0 Å². The molecular weight excluding hydrogens is 187 g/mol. The Kier molecular flexibility index (Phi) is 1.92. The van der Waals surface area contributed by atoms with Crippen molar-refractivity contribution in [2.24, 2.45) is 7.05 Å². The van der Waals surface area contributed by atoms with Crippen molar-refractivity contribution in [3.63, 3.8) is 0 Å². The van der Waals surface area contributed by atoms with Gasteiger partial charge in [-0.3, -0.25) is 14.6 Å². The van der Waals surface area contributed by atoms with Gasteiger partial charge in [-0.2, -0.15) is 18.4 Å². The van der Waals surface area contributed by atoms with E-state index in [-0.39, 0.29) is 0 Å². The van der Waals surface area contributed by atoms with Gasteiger partial charge in [0.1, 0.15) is 11.6 Å². The Morgan fingerprint density at radius 3 is 2.38 bits per heavy atom. The molecule has 0 saturated carbocycles. The molecule has 0 bridgehead atoms. The summed E-state index contributed by atoms with van der Waals surface area (Å²) >= 11 is 0. The van der Waals surface area contributed by atoms with Crippen LogP contribution in [-0.4, -0.2) is 9.78 Å². The SMILES string of the molecule is Cn1[nH]c(C(F)(F)F)c(C#N)c1=O. The Morgan fingerprint density at radius 1 is 1.54 bits per heavy atom. The van der Waals surface area contributed by atoms with E-state index in [2.05, 4.69) is 0 Å². The van der Waals surface area contributed by atoms with Crippen LogP contribution in [0.2, 0.25) is 0 Å². The molecule has 1 aromatic rings. The lowest BCUT2D eigenvalue weighted by Gasteiger charge is -2.01. The zero-order valence-corrected chi connectivity index (χ0v) is 6.44. The number of nitrogens with zero attached hydrogens (tertiary/aromatic N) is 2. The summed E-state index contributed by atoms with van der Waals surface area (Å²) in [6.07, 6.45) is -4.70. The highest BCUT2D eigenvalue weighted by atomic mass is 19.4. The Balaban J connectivity index is 3.50. The van der Waals surface area contributed by atoms with Crippen molar-refractivity contribution in [3.05, 3.63) is 21.6 Å². The molecule has 0 amide bonds. The maximum absolute atomic E-state index is 12.1. The molecule has 70 valence electrons. The number of H-pyrrole nitrogens is 1. The predicted octanol–water partition coefficient (Wildman–Crippen LogP) is 0.604. The lowest BCUT2D eigenvalue weighted by molar-refractivity contribution is -0.141. The van der Waals surface area contributed by atoms with Gasteiger partial charge in [-0.1, -0.05) is 0 Å². The second-order valence-electron chi connectivity index (χ2n) is 2.34. The summed E-state index contributed by atoms with van der Waals surface area (Å²) in [7, 11) is 1.11. The van der Waals surface area contributed by atoms with Crippen molar-refractivity contribution >= 4 is 0 Å². The van der Waals surface area contributed by atoms with Crippen molar-refractivity contribution in [3.8, 4) is 6.07 Å². The van der Waals surface area contributed by atoms with E-state index in [0.29, 0.717) is 4.68 Å². The van der Waals surface area contributed by atoms with Gasteiger partial charge in [0.05, 0.1) is 0 Å². The molecule has 0 atom stereocenters. The molecule has 0 spiro atoms. The van der Waals surface area contributed by atoms with Crippen molar-refractivity contribution in [1.82, 2.24) is 9.78 Å². The van der Waals surface area contributed by atoms with Gasteiger partial charge in [0.25, 0.3) is 5.56 Å². The molecule has 0 unspecified atom stereocenters. The molecule has 1 N–H and O–H groups in total. The van der Waals surface area contributed by atoms with Crippen LogP contribution in [0.5, 0.6) is 0 Å². The number of hydrogen-bond acceptors (Lipinski definition) is 2. The summed E-state index contributed by atoms with van der Waals surface area (Å²) in [5.74, 6) is 0. The fraction of sp³-hybridized carbons (Fsp3) is 0.333. The summed E-state index contributed by atoms with van der Waals surface area (Å²) < 4.78 is 36.9. The van der Waals surface area contributed by atoms with Gasteiger partial charge in [-0.25, -0.2) is 0 Å². The first-order valence-corrected chi connectivity index (χ1v) is 3.14. The Labute approximate surface area is 70.2 Å². The third-order valence-electron chi connectivity index (χ3n) is 1.44. The number of hydrogen-bond donors (Lipinski definition) is 1. The van der Waals surface area contributed by atoms with E-state index in [1.807, 2.05) is 0 Å². The van der Waals surface area contributed by atoms with E-state index < -0.39 is 23.0 Å². The molecule has 0 aliphatic heterocycles. The quantitative estimate of drug-likeness (QED) is 0.652. The first-order chi connectivity index (χ1) is 5.88. The van der Waals surface area contributed by atoms with Crippen LogP contribution in [0.4, 0.5) is 13.2 Å². The zero-order chi connectivity index (χ0) is 10.2. The molecule has 0 aliphatic rings. The Morgan fingerprint density at radius 2 is 2.08 bits per heavy atom. The molecule has 0 radical (unpaired) electrons. The number of aromatic amines is 1. The molecule has 0 fully saturated rings. The third kappa shape index (κ3) is 1.42. The average Bonchev–Trinajstić information content (AvgIpc) is 2.28. The molecule has 4 nitrogen and oxygen atoms in total. The largest absolute Gasteiger partial charge is 0.434 e. The average molecular weight is 191 g/mol. The first-order valence-electron chi connectivity index (χ1n) is 3.14. The molecule has 0 aliphatic carbocycles. The van der Waals surface area contributed by atoms with E-state index in [1.54, 1.807) is 5.10 Å². The fourth-order valence-corrected chi connectivity index (χ4v) is 0.858. The topological polar surface area (TPSA) is 61.6 Å². The number of aryl methyl sites for hydroxylation is 1. The summed E-state index contributed by atoms with van der Waals surface area (Å²) in [5.41, 5.74) is -3.19. The van der Waals surface area contributed by atoms with Crippen molar-refractivity contribution < 1.29 is 13.2 Å². The van der Waals surface area contributed by atoms with Gasteiger partial charge < -0.3 is 0 Å². The summed E-state index contributed by atoms with van der Waals surface area (Å²) in [4.78, 5) is 10.9. The first kappa shape index (κ1) is 9.38. The van der Waals surface area contributed by atoms with Crippen molar-refractivity contribution in [1.29, 1.82) is 5.26 Å². The van der Waals surface area contributed by atoms with Crippen LogP contribution in [0, 0.1) is 11.3 Å². The Hall–Kier alpha value is -1.71. The summed E-state index contributed by atoms with van der Waals surface area (Å²) in [5, 5.41) is 10.1. The maximum Gasteiger partial charge on any atom is 0.434 e. The van der Waals surface area contributed by atoms with Crippen LogP contribution >= 0.6 is 0 Å². The number of halogens is 3. The van der Waals surface area contributed by atoms with Gasteiger partial charge in [0.2, 0.25) is 0 Å². The van der Waals surface area contributed by atoms with Gasteiger partial charge in [0.15, 0.2) is 5.69 Å². The van der Waals surface area contributed by atoms with E-state index in [1.165, 1.54) is 6.07 Å². The number of nitrogens with one attached hydrogen (secondary N) is 1. The molecule has 1 aromatic heterocycles. The lowest BCUT2D eigenvalue weighted by Crippen LogP contribution is -2.13. The second kappa shape index (κ2) is 2.65.